The molecule has 1 aromatic carbocycles. The molecule has 0 aliphatic carbocycles. The van der Waals surface area contributed by atoms with Crippen LogP contribution in [0.2, 0.25) is 19.1 Å². The Hall–Kier alpha value is -0.743. The van der Waals surface area contributed by atoms with E-state index in [2.05, 4.69) is 50.3 Å². The van der Waals surface area contributed by atoms with Gasteiger partial charge in [-0.1, -0.05) is 61.6 Å². The molecule has 0 spiro atoms. The van der Waals surface area contributed by atoms with Gasteiger partial charge in [-0.15, -0.1) is 0 Å². The molecule has 2 unspecified atom stereocenters. The Morgan fingerprint density at radius 2 is 1.90 bits per heavy atom. The predicted molar refractivity (Wildman–Crippen MR) is 96.1 cm³/mol. The monoisotopic (exact) mass is 324 g/mol. The second-order valence-electron chi connectivity index (χ2n) is 6.27. The molecule has 0 amide bonds. The van der Waals surface area contributed by atoms with Crippen molar-refractivity contribution in [2.24, 2.45) is 5.92 Å². The molecule has 0 radical (unpaired) electrons. The average Bonchev–Trinajstić information content (AvgIpc) is 2.45. The fourth-order valence-corrected chi connectivity index (χ4v) is 6.87. The normalized spacial score (nSPS) is 14.5. The van der Waals surface area contributed by atoms with Crippen LogP contribution in [0, 0.1) is 5.92 Å². The minimum Gasteiger partial charge on any atom is -0.465 e. The molecule has 0 fully saturated rings. The zero-order valence-corrected chi connectivity index (χ0v) is 15.7. The van der Waals surface area contributed by atoms with Gasteiger partial charge in [0.05, 0.1) is 14.7 Å². The van der Waals surface area contributed by atoms with Crippen molar-refractivity contribution in [1.82, 2.24) is 0 Å². The number of carbonyl (C=O) groups excluding carboxylic acids is 1. The van der Waals surface area contributed by atoms with Crippen LogP contribution in [0.15, 0.2) is 30.3 Å². The molecule has 21 heavy (non-hydrogen) atoms. The van der Waals surface area contributed by atoms with Crippen molar-refractivity contribution in [2.75, 3.05) is 12.9 Å². The molecule has 1 rings (SSSR count). The molecular weight excluding hydrogens is 296 g/mol. The molecule has 0 saturated heterocycles. The first-order valence-corrected chi connectivity index (χ1v) is 12.1. The van der Waals surface area contributed by atoms with Crippen molar-refractivity contribution in [2.45, 2.75) is 44.7 Å². The van der Waals surface area contributed by atoms with Gasteiger partial charge in [-0.2, -0.15) is 11.8 Å². The van der Waals surface area contributed by atoms with Crippen molar-refractivity contribution in [3.8, 4) is 0 Å². The SMILES string of the molecule is CCOC(=O)C(CC(C)C[Si](C)(C)c1ccccc1)SC. The van der Waals surface area contributed by atoms with E-state index in [1.807, 2.05) is 13.2 Å². The average molecular weight is 325 g/mol. The zero-order chi connectivity index (χ0) is 15.9. The van der Waals surface area contributed by atoms with Crippen LogP contribution in [0.5, 0.6) is 0 Å². The van der Waals surface area contributed by atoms with Crippen LogP contribution in [-0.4, -0.2) is 32.2 Å². The van der Waals surface area contributed by atoms with Gasteiger partial charge in [-0.25, -0.2) is 0 Å². The molecule has 0 saturated carbocycles. The van der Waals surface area contributed by atoms with Gasteiger partial charge < -0.3 is 4.74 Å². The third-order valence-corrected chi connectivity index (χ3v) is 8.43. The van der Waals surface area contributed by atoms with E-state index >= 15 is 0 Å². The van der Waals surface area contributed by atoms with Gasteiger partial charge in [0, 0.05) is 0 Å². The highest BCUT2D eigenvalue weighted by Crippen LogP contribution is 2.25. The fraction of sp³-hybridized carbons (Fsp3) is 0.588. The highest BCUT2D eigenvalue weighted by Gasteiger charge is 2.28. The highest BCUT2D eigenvalue weighted by molar-refractivity contribution is 7.99. The van der Waals surface area contributed by atoms with Gasteiger partial charge in [0.25, 0.3) is 0 Å². The molecule has 0 aromatic heterocycles. The Morgan fingerprint density at radius 3 is 2.43 bits per heavy atom. The number of esters is 1. The summed E-state index contributed by atoms with van der Waals surface area (Å²) in [6, 6.07) is 12.0. The topological polar surface area (TPSA) is 26.3 Å². The van der Waals surface area contributed by atoms with E-state index < -0.39 is 8.07 Å². The Balaban J connectivity index is 2.63. The second-order valence-corrected chi connectivity index (χ2v) is 12.1. The maximum Gasteiger partial charge on any atom is 0.319 e. The Morgan fingerprint density at radius 1 is 1.29 bits per heavy atom. The molecular formula is C17H28O2SSi. The van der Waals surface area contributed by atoms with Crippen molar-refractivity contribution in [3.05, 3.63) is 30.3 Å². The molecule has 0 N–H and O–H groups in total. The minimum atomic E-state index is -1.44. The molecule has 2 atom stereocenters. The van der Waals surface area contributed by atoms with Gasteiger partial charge in [0.15, 0.2) is 0 Å². The summed E-state index contributed by atoms with van der Waals surface area (Å²) < 4.78 is 5.16. The van der Waals surface area contributed by atoms with Crippen LogP contribution in [0.1, 0.15) is 20.3 Å². The standard InChI is InChI=1S/C17H28O2SSi/c1-6-19-17(18)16(20-3)12-14(2)13-21(4,5)15-10-8-7-9-11-15/h7-11,14,16H,6,12-13H2,1-5H3. The van der Waals surface area contributed by atoms with E-state index in [1.165, 1.54) is 11.2 Å². The number of ether oxygens (including phenoxy) is 1. The number of thioether (sulfide) groups is 1. The maximum absolute atomic E-state index is 11.9. The minimum absolute atomic E-state index is 0.0273. The van der Waals surface area contributed by atoms with Crippen LogP contribution in [0.4, 0.5) is 0 Å². The van der Waals surface area contributed by atoms with Crippen LogP contribution in [0.3, 0.4) is 0 Å². The van der Waals surface area contributed by atoms with Gasteiger partial charge in [-0.05, 0) is 25.5 Å². The van der Waals surface area contributed by atoms with Gasteiger partial charge >= 0.3 is 5.97 Å². The number of hydrogen-bond donors (Lipinski definition) is 0. The van der Waals surface area contributed by atoms with E-state index in [4.69, 9.17) is 4.74 Å². The largest absolute Gasteiger partial charge is 0.465 e. The smallest absolute Gasteiger partial charge is 0.319 e. The zero-order valence-electron chi connectivity index (χ0n) is 13.9. The number of hydrogen-bond acceptors (Lipinski definition) is 3. The van der Waals surface area contributed by atoms with E-state index in [9.17, 15) is 4.79 Å². The van der Waals surface area contributed by atoms with Crippen LogP contribution in [-0.2, 0) is 9.53 Å². The lowest BCUT2D eigenvalue weighted by Crippen LogP contribution is -2.42. The quantitative estimate of drug-likeness (QED) is 0.535. The fourth-order valence-electron chi connectivity index (χ4n) is 2.85. The summed E-state index contributed by atoms with van der Waals surface area (Å²) in [5.74, 6) is 0.477. The predicted octanol–water partition coefficient (Wildman–Crippen LogP) is 3.92. The molecule has 0 aliphatic heterocycles. The first kappa shape index (κ1) is 18.3. The number of benzene rings is 1. The highest BCUT2D eigenvalue weighted by atomic mass is 32.2. The van der Waals surface area contributed by atoms with Crippen LogP contribution in [0.25, 0.3) is 0 Å². The first-order valence-electron chi connectivity index (χ1n) is 7.65. The summed E-state index contributed by atoms with van der Waals surface area (Å²) in [4.78, 5) is 11.9. The van der Waals surface area contributed by atoms with Crippen molar-refractivity contribution in [3.63, 3.8) is 0 Å². The molecule has 2 nitrogen and oxygen atoms in total. The summed E-state index contributed by atoms with van der Waals surface area (Å²) >= 11 is 1.61. The van der Waals surface area contributed by atoms with Gasteiger partial charge in [-0.3, -0.25) is 4.79 Å². The molecule has 1 aromatic rings. The summed E-state index contributed by atoms with van der Waals surface area (Å²) in [5, 5.41) is 1.47. The Labute approximate surface area is 134 Å². The third-order valence-electron chi connectivity index (χ3n) is 3.86. The Kier molecular flexibility index (Phi) is 7.53. The number of carbonyl (C=O) groups is 1. The first-order chi connectivity index (χ1) is 9.90. The van der Waals surface area contributed by atoms with E-state index in [1.54, 1.807) is 11.8 Å². The lowest BCUT2D eigenvalue weighted by atomic mass is 10.1. The lowest BCUT2D eigenvalue weighted by Gasteiger charge is -2.28. The maximum atomic E-state index is 11.9. The van der Waals surface area contributed by atoms with Gasteiger partial charge in [0.2, 0.25) is 0 Å². The van der Waals surface area contributed by atoms with Crippen LogP contribution < -0.4 is 5.19 Å². The molecule has 0 aliphatic rings. The van der Waals surface area contributed by atoms with E-state index in [0.29, 0.717) is 12.5 Å². The summed E-state index contributed by atoms with van der Waals surface area (Å²) in [6.07, 6.45) is 2.90. The molecule has 0 heterocycles. The lowest BCUT2D eigenvalue weighted by molar-refractivity contribution is -0.142. The van der Waals surface area contributed by atoms with Crippen molar-refractivity contribution < 1.29 is 9.53 Å². The summed E-state index contributed by atoms with van der Waals surface area (Å²) in [6.45, 7) is 9.42. The summed E-state index contributed by atoms with van der Waals surface area (Å²) in [7, 11) is -1.44. The van der Waals surface area contributed by atoms with Crippen molar-refractivity contribution in [1.29, 1.82) is 0 Å². The second kappa shape index (κ2) is 8.64. The molecule has 4 heteroatoms. The van der Waals surface area contributed by atoms with E-state index in [0.717, 1.165) is 6.42 Å². The molecule has 0 bridgehead atoms. The van der Waals surface area contributed by atoms with Crippen LogP contribution >= 0.6 is 11.8 Å². The Bertz CT molecular complexity index is 434. The molecule has 118 valence electrons. The number of rotatable bonds is 8. The summed E-state index contributed by atoms with van der Waals surface area (Å²) in [5.41, 5.74) is 0. The van der Waals surface area contributed by atoms with Crippen molar-refractivity contribution >= 4 is 31.0 Å². The van der Waals surface area contributed by atoms with Gasteiger partial charge in [0.1, 0.15) is 5.25 Å². The van der Waals surface area contributed by atoms with E-state index in [-0.39, 0.29) is 11.2 Å². The third kappa shape index (κ3) is 5.87.